The molecule has 0 bridgehead atoms. The van der Waals surface area contributed by atoms with E-state index in [0.29, 0.717) is 17.8 Å². The molecule has 3 N–H and O–H groups in total. The van der Waals surface area contributed by atoms with E-state index in [1.807, 2.05) is 12.1 Å². The van der Waals surface area contributed by atoms with E-state index in [2.05, 4.69) is 10.3 Å². The van der Waals surface area contributed by atoms with Gasteiger partial charge in [0, 0.05) is 30.0 Å². The highest BCUT2D eigenvalue weighted by atomic mass is 16.3. The van der Waals surface area contributed by atoms with E-state index in [-0.39, 0.29) is 11.7 Å². The Morgan fingerprint density at radius 1 is 1.30 bits per heavy atom. The number of furan rings is 1. The number of anilines is 1. The average Bonchev–Trinajstić information content (AvgIpc) is 2.89. The molecule has 0 saturated heterocycles. The molecule has 0 spiro atoms. The minimum Gasteiger partial charge on any atom is -0.451 e. The van der Waals surface area contributed by atoms with Crippen LogP contribution in [0.3, 0.4) is 0 Å². The fourth-order valence-electron chi connectivity index (χ4n) is 1.95. The zero-order valence-electron chi connectivity index (χ0n) is 10.7. The molecule has 2 aromatic heterocycles. The number of nitrogens with zero attached hydrogens (tertiary/aromatic N) is 1. The molecule has 0 aliphatic rings. The van der Waals surface area contributed by atoms with Crippen molar-refractivity contribution in [1.29, 1.82) is 0 Å². The highest BCUT2D eigenvalue weighted by molar-refractivity contribution is 5.96. The summed E-state index contributed by atoms with van der Waals surface area (Å²) < 4.78 is 5.49. The zero-order valence-corrected chi connectivity index (χ0v) is 10.7. The molecule has 100 valence electrons. The van der Waals surface area contributed by atoms with Crippen LogP contribution < -0.4 is 11.1 Å². The molecule has 0 fully saturated rings. The third-order valence-corrected chi connectivity index (χ3v) is 2.94. The van der Waals surface area contributed by atoms with Crippen LogP contribution in [0, 0.1) is 0 Å². The standard InChI is InChI=1S/C15H13N3O2/c16-12-3-4-13-11(6-12)7-14(20-13)15(19)18-9-10-2-1-5-17-8-10/h1-8H,9,16H2,(H,18,19). The SMILES string of the molecule is Nc1ccc2oc(C(=O)NCc3cccnc3)cc2c1. The van der Waals surface area contributed by atoms with E-state index in [0.717, 1.165) is 10.9 Å². The zero-order chi connectivity index (χ0) is 13.9. The highest BCUT2D eigenvalue weighted by Crippen LogP contribution is 2.21. The summed E-state index contributed by atoms with van der Waals surface area (Å²) in [5.74, 6) is 0.0121. The third kappa shape index (κ3) is 2.47. The van der Waals surface area contributed by atoms with E-state index >= 15 is 0 Å². The molecule has 0 aliphatic heterocycles. The van der Waals surface area contributed by atoms with Gasteiger partial charge in [-0.2, -0.15) is 0 Å². The number of nitrogen functional groups attached to an aromatic ring is 1. The second kappa shape index (κ2) is 5.05. The minimum absolute atomic E-state index is 0.261. The number of hydrogen-bond acceptors (Lipinski definition) is 4. The van der Waals surface area contributed by atoms with Crippen molar-refractivity contribution in [2.75, 3.05) is 5.73 Å². The van der Waals surface area contributed by atoms with Crippen molar-refractivity contribution in [3.05, 3.63) is 60.1 Å². The molecule has 1 amide bonds. The van der Waals surface area contributed by atoms with Gasteiger partial charge in [-0.15, -0.1) is 0 Å². The quantitative estimate of drug-likeness (QED) is 0.714. The number of carbonyl (C=O) groups excluding carboxylic acids is 1. The second-order valence-corrected chi connectivity index (χ2v) is 4.45. The Morgan fingerprint density at radius 3 is 3.00 bits per heavy atom. The lowest BCUT2D eigenvalue weighted by molar-refractivity contribution is 0.0925. The number of nitrogens with one attached hydrogen (secondary N) is 1. The van der Waals surface area contributed by atoms with E-state index in [1.165, 1.54) is 0 Å². The van der Waals surface area contributed by atoms with Crippen LogP contribution in [0.5, 0.6) is 0 Å². The largest absolute Gasteiger partial charge is 0.451 e. The summed E-state index contributed by atoms with van der Waals surface area (Å²) in [6, 6.07) is 10.7. The van der Waals surface area contributed by atoms with Crippen molar-refractivity contribution in [2.24, 2.45) is 0 Å². The van der Waals surface area contributed by atoms with Crippen molar-refractivity contribution in [2.45, 2.75) is 6.54 Å². The number of benzene rings is 1. The second-order valence-electron chi connectivity index (χ2n) is 4.45. The molecule has 3 aromatic rings. The molecule has 0 unspecified atom stereocenters. The molecule has 0 saturated carbocycles. The highest BCUT2D eigenvalue weighted by Gasteiger charge is 2.12. The maximum Gasteiger partial charge on any atom is 0.287 e. The number of carbonyl (C=O) groups is 1. The Hall–Kier alpha value is -2.82. The fourth-order valence-corrected chi connectivity index (χ4v) is 1.95. The Kier molecular flexibility index (Phi) is 3.09. The first-order chi connectivity index (χ1) is 9.72. The van der Waals surface area contributed by atoms with Gasteiger partial charge in [0.2, 0.25) is 0 Å². The molecule has 0 aliphatic carbocycles. The fraction of sp³-hybridized carbons (Fsp3) is 0.0667. The van der Waals surface area contributed by atoms with Crippen LogP contribution >= 0.6 is 0 Å². The molecule has 0 radical (unpaired) electrons. The monoisotopic (exact) mass is 267 g/mol. The number of amides is 1. The lowest BCUT2D eigenvalue weighted by Crippen LogP contribution is -2.22. The van der Waals surface area contributed by atoms with Gasteiger partial charge in [-0.1, -0.05) is 6.07 Å². The number of nitrogens with two attached hydrogens (primary N) is 1. The molecule has 5 heteroatoms. The van der Waals surface area contributed by atoms with Crippen LogP contribution in [0.25, 0.3) is 11.0 Å². The first kappa shape index (κ1) is 12.2. The van der Waals surface area contributed by atoms with Gasteiger partial charge in [-0.05, 0) is 35.9 Å². The van der Waals surface area contributed by atoms with Gasteiger partial charge >= 0.3 is 0 Å². The maximum absolute atomic E-state index is 12.0. The maximum atomic E-state index is 12.0. The van der Waals surface area contributed by atoms with Gasteiger partial charge in [0.1, 0.15) is 5.58 Å². The molecule has 20 heavy (non-hydrogen) atoms. The first-order valence-electron chi connectivity index (χ1n) is 6.18. The molecule has 2 heterocycles. The lowest BCUT2D eigenvalue weighted by atomic mass is 10.2. The van der Waals surface area contributed by atoms with Crippen LogP contribution in [-0.2, 0) is 6.54 Å². The van der Waals surface area contributed by atoms with Gasteiger partial charge in [0.05, 0.1) is 0 Å². The van der Waals surface area contributed by atoms with Crippen molar-refractivity contribution in [1.82, 2.24) is 10.3 Å². The number of hydrogen-bond donors (Lipinski definition) is 2. The normalized spacial score (nSPS) is 10.6. The summed E-state index contributed by atoms with van der Waals surface area (Å²) in [5.41, 5.74) is 7.91. The Bertz CT molecular complexity index is 750. The van der Waals surface area contributed by atoms with Gasteiger partial charge in [0.25, 0.3) is 5.91 Å². The van der Waals surface area contributed by atoms with Crippen molar-refractivity contribution < 1.29 is 9.21 Å². The Morgan fingerprint density at radius 2 is 2.20 bits per heavy atom. The molecular formula is C15H13N3O2. The number of pyridine rings is 1. The van der Waals surface area contributed by atoms with Crippen LogP contribution in [-0.4, -0.2) is 10.9 Å². The summed E-state index contributed by atoms with van der Waals surface area (Å²) in [4.78, 5) is 16.0. The molecule has 5 nitrogen and oxygen atoms in total. The van der Waals surface area contributed by atoms with Gasteiger partial charge < -0.3 is 15.5 Å². The topological polar surface area (TPSA) is 81.1 Å². The third-order valence-electron chi connectivity index (χ3n) is 2.94. The summed E-state index contributed by atoms with van der Waals surface area (Å²) in [7, 11) is 0. The lowest BCUT2D eigenvalue weighted by Gasteiger charge is -2.02. The van der Waals surface area contributed by atoms with Crippen molar-refractivity contribution in [3.63, 3.8) is 0 Å². The van der Waals surface area contributed by atoms with Crippen LogP contribution in [0.1, 0.15) is 16.1 Å². The van der Waals surface area contributed by atoms with E-state index in [9.17, 15) is 4.79 Å². The predicted octanol–water partition coefficient (Wildman–Crippen LogP) is 2.34. The van der Waals surface area contributed by atoms with Gasteiger partial charge in [-0.3, -0.25) is 9.78 Å². The van der Waals surface area contributed by atoms with Crippen molar-refractivity contribution in [3.8, 4) is 0 Å². The summed E-state index contributed by atoms with van der Waals surface area (Å²) >= 11 is 0. The molecule has 0 atom stereocenters. The van der Waals surface area contributed by atoms with Gasteiger partial charge in [0.15, 0.2) is 5.76 Å². The smallest absolute Gasteiger partial charge is 0.287 e. The van der Waals surface area contributed by atoms with Crippen LogP contribution in [0.15, 0.2) is 53.2 Å². The van der Waals surface area contributed by atoms with E-state index < -0.39 is 0 Å². The van der Waals surface area contributed by atoms with Gasteiger partial charge in [-0.25, -0.2) is 0 Å². The number of fused-ring (bicyclic) bond motifs is 1. The van der Waals surface area contributed by atoms with Crippen molar-refractivity contribution >= 4 is 22.6 Å². The van der Waals surface area contributed by atoms with E-state index in [4.69, 9.17) is 10.2 Å². The average molecular weight is 267 g/mol. The molecule has 1 aromatic carbocycles. The summed E-state index contributed by atoms with van der Waals surface area (Å²) in [5, 5.41) is 3.60. The molecular weight excluding hydrogens is 254 g/mol. The Balaban J connectivity index is 1.75. The predicted molar refractivity (Wildman–Crippen MR) is 76.0 cm³/mol. The Labute approximate surface area is 115 Å². The van der Waals surface area contributed by atoms with Crippen LogP contribution in [0.4, 0.5) is 5.69 Å². The van der Waals surface area contributed by atoms with Crippen LogP contribution in [0.2, 0.25) is 0 Å². The first-order valence-corrected chi connectivity index (χ1v) is 6.18. The minimum atomic E-state index is -0.261. The summed E-state index contributed by atoms with van der Waals surface area (Å²) in [6.07, 6.45) is 3.40. The number of rotatable bonds is 3. The van der Waals surface area contributed by atoms with E-state index in [1.54, 1.807) is 36.7 Å². The summed E-state index contributed by atoms with van der Waals surface area (Å²) in [6.45, 7) is 0.409. The number of aromatic nitrogens is 1. The molecule has 3 rings (SSSR count).